The van der Waals surface area contributed by atoms with Crippen molar-refractivity contribution >= 4 is 28.6 Å². The smallest absolute Gasteiger partial charge is 0.325 e. The Morgan fingerprint density at radius 2 is 1.68 bits per heavy atom. The molecule has 0 bridgehead atoms. The van der Waals surface area contributed by atoms with E-state index in [0.29, 0.717) is 13.1 Å². The van der Waals surface area contributed by atoms with Crippen LogP contribution in [-0.2, 0) is 28.1 Å². The average molecular weight is 413 g/mol. The first-order chi connectivity index (χ1) is 15.0. The minimum absolute atomic E-state index is 0.222. The first kappa shape index (κ1) is 19.3. The molecular weight excluding hydrogens is 390 g/mol. The normalized spacial score (nSPS) is 20.7. The van der Waals surface area contributed by atoms with Crippen LogP contribution < -0.4 is 5.32 Å². The molecule has 0 aromatic heterocycles. The average Bonchev–Trinajstić information content (AvgIpc) is 3.02. The number of fused-ring (bicyclic) bond motifs is 2. The van der Waals surface area contributed by atoms with Gasteiger partial charge in [-0.15, -0.1) is 0 Å². The molecule has 6 heteroatoms. The van der Waals surface area contributed by atoms with Crippen molar-refractivity contribution in [2.45, 2.75) is 25.4 Å². The second-order valence-electron chi connectivity index (χ2n) is 8.31. The summed E-state index contributed by atoms with van der Waals surface area (Å²) in [5.41, 5.74) is 1.86. The summed E-state index contributed by atoms with van der Waals surface area (Å²) in [7, 11) is 0. The maximum Gasteiger partial charge on any atom is 0.325 e. The first-order valence-corrected chi connectivity index (χ1v) is 10.4. The van der Waals surface area contributed by atoms with E-state index in [9.17, 15) is 14.4 Å². The highest BCUT2D eigenvalue weighted by molar-refractivity contribution is 6.10. The van der Waals surface area contributed by atoms with E-state index in [0.717, 1.165) is 33.2 Å². The van der Waals surface area contributed by atoms with Gasteiger partial charge in [0.05, 0.1) is 0 Å². The van der Waals surface area contributed by atoms with E-state index in [1.807, 2.05) is 60.7 Å². The molecule has 2 aliphatic heterocycles. The second kappa shape index (κ2) is 7.23. The largest absolute Gasteiger partial charge is 0.336 e. The fourth-order valence-electron chi connectivity index (χ4n) is 4.63. The lowest BCUT2D eigenvalue weighted by Crippen LogP contribution is -2.45. The van der Waals surface area contributed by atoms with Crippen molar-refractivity contribution in [3.05, 3.63) is 83.4 Å². The Bertz CT molecular complexity index is 1220. The summed E-state index contributed by atoms with van der Waals surface area (Å²) in [5, 5.41) is 4.72. The van der Waals surface area contributed by atoms with Gasteiger partial charge in [-0.05, 0) is 40.8 Å². The molecule has 6 nitrogen and oxygen atoms in total. The minimum atomic E-state index is -1.22. The van der Waals surface area contributed by atoms with E-state index in [4.69, 9.17) is 0 Å². The third-order valence-electron chi connectivity index (χ3n) is 6.38. The monoisotopic (exact) mass is 413 g/mol. The highest BCUT2D eigenvalue weighted by atomic mass is 16.2. The van der Waals surface area contributed by atoms with Gasteiger partial charge in [0.1, 0.15) is 12.1 Å². The molecule has 3 aromatic rings. The van der Waals surface area contributed by atoms with E-state index in [-0.39, 0.29) is 12.5 Å². The molecule has 2 aliphatic rings. The SMILES string of the molecule is C[C@@]1(c2cccc3ccccc23)NC(=O)N(CC(=O)N2CCc3ccccc3C2)C1=O. The lowest BCUT2D eigenvalue weighted by Gasteiger charge is -2.30. The van der Waals surface area contributed by atoms with Gasteiger partial charge < -0.3 is 10.2 Å². The van der Waals surface area contributed by atoms with Crippen molar-refractivity contribution in [1.82, 2.24) is 15.1 Å². The number of hydrogen-bond acceptors (Lipinski definition) is 3. The fourth-order valence-corrected chi connectivity index (χ4v) is 4.63. The number of amides is 4. The lowest BCUT2D eigenvalue weighted by molar-refractivity contribution is -0.139. The van der Waals surface area contributed by atoms with Crippen LogP contribution in [0.15, 0.2) is 66.7 Å². The van der Waals surface area contributed by atoms with E-state index in [1.165, 1.54) is 5.56 Å². The number of hydrogen-bond donors (Lipinski definition) is 1. The molecule has 0 aliphatic carbocycles. The zero-order valence-electron chi connectivity index (χ0n) is 17.3. The quantitative estimate of drug-likeness (QED) is 0.671. The van der Waals surface area contributed by atoms with Crippen LogP contribution in [0.4, 0.5) is 4.79 Å². The Labute approximate surface area is 180 Å². The maximum atomic E-state index is 13.4. The number of benzene rings is 3. The topological polar surface area (TPSA) is 69.7 Å². The Balaban J connectivity index is 1.39. The van der Waals surface area contributed by atoms with E-state index < -0.39 is 17.5 Å². The molecule has 1 atom stereocenters. The number of rotatable bonds is 3. The zero-order chi connectivity index (χ0) is 21.6. The summed E-state index contributed by atoms with van der Waals surface area (Å²) >= 11 is 0. The third-order valence-corrected chi connectivity index (χ3v) is 6.38. The zero-order valence-corrected chi connectivity index (χ0v) is 17.3. The van der Waals surface area contributed by atoms with Gasteiger partial charge >= 0.3 is 6.03 Å². The summed E-state index contributed by atoms with van der Waals surface area (Å²) in [6, 6.07) is 21.0. The highest BCUT2D eigenvalue weighted by Crippen LogP contribution is 2.34. The van der Waals surface area contributed by atoms with Crippen molar-refractivity contribution in [1.29, 1.82) is 0 Å². The number of carbonyl (C=O) groups is 3. The molecule has 1 N–H and O–H groups in total. The molecule has 1 fully saturated rings. The summed E-state index contributed by atoms with van der Waals surface area (Å²) < 4.78 is 0. The molecule has 31 heavy (non-hydrogen) atoms. The Kier molecular flexibility index (Phi) is 4.50. The van der Waals surface area contributed by atoms with Gasteiger partial charge in [-0.1, -0.05) is 66.7 Å². The molecule has 156 valence electrons. The predicted octanol–water partition coefficient (Wildman–Crippen LogP) is 3.19. The summed E-state index contributed by atoms with van der Waals surface area (Å²) in [6.45, 7) is 2.53. The number of nitrogens with one attached hydrogen (secondary N) is 1. The van der Waals surface area contributed by atoms with Crippen LogP contribution in [0.3, 0.4) is 0 Å². The Hall–Kier alpha value is -3.67. The van der Waals surface area contributed by atoms with Crippen molar-refractivity contribution in [3.8, 4) is 0 Å². The van der Waals surface area contributed by atoms with E-state index in [1.54, 1.807) is 11.8 Å². The maximum absolute atomic E-state index is 13.4. The van der Waals surface area contributed by atoms with Crippen molar-refractivity contribution in [2.75, 3.05) is 13.1 Å². The van der Waals surface area contributed by atoms with Crippen molar-refractivity contribution < 1.29 is 14.4 Å². The highest BCUT2D eigenvalue weighted by Gasteiger charge is 2.50. The summed E-state index contributed by atoms with van der Waals surface area (Å²) in [5.74, 6) is -0.625. The first-order valence-electron chi connectivity index (χ1n) is 10.4. The van der Waals surface area contributed by atoms with E-state index in [2.05, 4.69) is 11.4 Å². The standard InChI is InChI=1S/C25H23N3O3/c1-25(21-12-6-10-18-8-4-5-11-20(18)21)23(30)28(24(31)26-25)16-22(29)27-14-13-17-7-2-3-9-19(17)15-27/h2-12H,13-16H2,1H3,(H,26,31)/t25-/m0/s1. The van der Waals surface area contributed by atoms with Crippen molar-refractivity contribution in [3.63, 3.8) is 0 Å². The van der Waals surface area contributed by atoms with Crippen LogP contribution in [0.25, 0.3) is 10.8 Å². The van der Waals surface area contributed by atoms with Crippen molar-refractivity contribution in [2.24, 2.45) is 0 Å². The third kappa shape index (κ3) is 3.15. The van der Waals surface area contributed by atoms with Gasteiger partial charge in [0, 0.05) is 13.1 Å². The van der Waals surface area contributed by atoms with Crippen LogP contribution >= 0.6 is 0 Å². The molecule has 0 spiro atoms. The molecular formula is C25H23N3O3. The summed E-state index contributed by atoms with van der Waals surface area (Å²) in [4.78, 5) is 41.9. The second-order valence-corrected chi connectivity index (χ2v) is 8.31. The lowest BCUT2D eigenvalue weighted by atomic mass is 9.88. The molecule has 0 unspecified atom stereocenters. The van der Waals surface area contributed by atoms with E-state index >= 15 is 0 Å². The Morgan fingerprint density at radius 3 is 2.52 bits per heavy atom. The van der Waals surface area contributed by atoms with Gasteiger partial charge in [-0.25, -0.2) is 4.79 Å². The van der Waals surface area contributed by atoms with Gasteiger partial charge in [-0.3, -0.25) is 14.5 Å². The molecule has 0 radical (unpaired) electrons. The number of imide groups is 1. The van der Waals surface area contributed by atoms with Gasteiger partial charge in [0.25, 0.3) is 5.91 Å². The minimum Gasteiger partial charge on any atom is -0.336 e. The Morgan fingerprint density at radius 1 is 0.968 bits per heavy atom. The van der Waals surface area contributed by atoms with Gasteiger partial charge in [-0.2, -0.15) is 0 Å². The number of urea groups is 1. The molecule has 1 saturated heterocycles. The van der Waals surface area contributed by atoms with Gasteiger partial charge in [0.2, 0.25) is 5.91 Å². The fraction of sp³-hybridized carbons (Fsp3) is 0.240. The number of carbonyl (C=O) groups excluding carboxylic acids is 3. The molecule has 4 amide bonds. The summed E-state index contributed by atoms with van der Waals surface area (Å²) in [6.07, 6.45) is 0.774. The molecule has 5 rings (SSSR count). The van der Waals surface area contributed by atoms with Crippen LogP contribution in [0.1, 0.15) is 23.6 Å². The van der Waals surface area contributed by atoms with Crippen LogP contribution in [0, 0.1) is 0 Å². The predicted molar refractivity (Wildman–Crippen MR) is 117 cm³/mol. The molecule has 0 saturated carbocycles. The van der Waals surface area contributed by atoms with Crippen LogP contribution in [0.5, 0.6) is 0 Å². The molecule has 2 heterocycles. The molecule has 3 aromatic carbocycles. The number of nitrogens with zero attached hydrogens (tertiary/aromatic N) is 2. The van der Waals surface area contributed by atoms with Crippen LogP contribution in [-0.4, -0.2) is 40.7 Å². The van der Waals surface area contributed by atoms with Gasteiger partial charge in [0.15, 0.2) is 0 Å². The van der Waals surface area contributed by atoms with Crippen LogP contribution in [0.2, 0.25) is 0 Å².